The summed E-state index contributed by atoms with van der Waals surface area (Å²) in [5.74, 6) is 0.334. The summed E-state index contributed by atoms with van der Waals surface area (Å²) in [5.41, 5.74) is 8.27. The molecule has 0 saturated heterocycles. The molecule has 0 unspecified atom stereocenters. The Kier molecular flexibility index (Phi) is 4.82. The lowest BCUT2D eigenvalue weighted by Crippen LogP contribution is -2.36. The number of aryl methyl sites for hydroxylation is 1. The number of carbonyl (C=O) groups excluding carboxylic acids is 1. The summed E-state index contributed by atoms with van der Waals surface area (Å²) < 4.78 is 2.40. The van der Waals surface area contributed by atoms with E-state index in [1.807, 2.05) is 31.2 Å². The Morgan fingerprint density at radius 3 is 2.70 bits per heavy atom. The largest absolute Gasteiger partial charge is 0.383 e. The summed E-state index contributed by atoms with van der Waals surface area (Å²) >= 11 is 6.73. The van der Waals surface area contributed by atoms with Crippen molar-refractivity contribution >= 4 is 35.3 Å². The lowest BCUT2D eigenvalue weighted by atomic mass is 9.95. The van der Waals surface area contributed by atoms with Crippen molar-refractivity contribution in [2.45, 2.75) is 45.1 Å². The first-order chi connectivity index (χ1) is 11.1. The minimum atomic E-state index is -0.0992. The predicted molar refractivity (Wildman–Crippen MR) is 98.0 cm³/mol. The van der Waals surface area contributed by atoms with Crippen molar-refractivity contribution < 1.29 is 4.79 Å². The number of nitrogens with one attached hydrogen (secondary N) is 1. The van der Waals surface area contributed by atoms with Gasteiger partial charge in [-0.2, -0.15) is 0 Å². The van der Waals surface area contributed by atoms with Gasteiger partial charge in [0, 0.05) is 6.04 Å². The monoisotopic (exact) mass is 347 g/mol. The van der Waals surface area contributed by atoms with E-state index in [4.69, 9.17) is 18.0 Å². The van der Waals surface area contributed by atoms with Crippen LogP contribution in [0.5, 0.6) is 0 Å². The second-order valence-electron chi connectivity index (χ2n) is 6.01. The quantitative estimate of drug-likeness (QED) is 0.817. The number of nitrogens with two attached hydrogens (primary N) is 1. The van der Waals surface area contributed by atoms with E-state index in [0.29, 0.717) is 14.6 Å². The van der Waals surface area contributed by atoms with Gasteiger partial charge in [-0.1, -0.05) is 48.8 Å². The SMILES string of the molecule is Cc1ccccc1-n1c(N)c(C(=O)NC2CCCCC2)sc1=S. The van der Waals surface area contributed by atoms with E-state index in [0.717, 1.165) is 24.1 Å². The van der Waals surface area contributed by atoms with Crippen LogP contribution < -0.4 is 11.1 Å². The van der Waals surface area contributed by atoms with Gasteiger partial charge >= 0.3 is 0 Å². The summed E-state index contributed by atoms with van der Waals surface area (Å²) in [5, 5.41) is 3.11. The van der Waals surface area contributed by atoms with Gasteiger partial charge < -0.3 is 11.1 Å². The van der Waals surface area contributed by atoms with E-state index in [-0.39, 0.29) is 11.9 Å². The number of thiazole rings is 1. The average Bonchev–Trinajstić information content (AvgIpc) is 2.84. The average molecular weight is 348 g/mol. The standard InChI is InChI=1S/C17H21N3OS2/c1-11-7-5-6-10-13(11)20-15(18)14(23-17(20)22)16(21)19-12-8-3-2-4-9-12/h5-7,10,12H,2-4,8-9,18H2,1H3,(H,19,21). The number of aromatic nitrogens is 1. The van der Waals surface area contributed by atoms with Crippen molar-refractivity contribution in [3.63, 3.8) is 0 Å². The fourth-order valence-corrected chi connectivity index (χ4v) is 4.34. The Labute approximate surface area is 145 Å². The van der Waals surface area contributed by atoms with Crippen molar-refractivity contribution in [1.82, 2.24) is 9.88 Å². The fourth-order valence-electron chi connectivity index (χ4n) is 3.09. The zero-order valence-electron chi connectivity index (χ0n) is 13.2. The van der Waals surface area contributed by atoms with Gasteiger partial charge in [0.15, 0.2) is 3.95 Å². The van der Waals surface area contributed by atoms with Crippen LogP contribution in [-0.2, 0) is 0 Å². The number of hydrogen-bond donors (Lipinski definition) is 2. The van der Waals surface area contributed by atoms with Crippen LogP contribution in [0.2, 0.25) is 0 Å². The molecule has 0 bridgehead atoms. The van der Waals surface area contributed by atoms with E-state index >= 15 is 0 Å². The number of amides is 1. The van der Waals surface area contributed by atoms with Crippen molar-refractivity contribution in [3.8, 4) is 5.69 Å². The van der Waals surface area contributed by atoms with E-state index in [2.05, 4.69) is 5.32 Å². The number of anilines is 1. The van der Waals surface area contributed by atoms with Gasteiger partial charge in [-0.25, -0.2) is 0 Å². The molecule has 3 N–H and O–H groups in total. The molecule has 2 aromatic rings. The van der Waals surface area contributed by atoms with Crippen LogP contribution in [0.4, 0.5) is 5.82 Å². The van der Waals surface area contributed by atoms with E-state index in [9.17, 15) is 4.79 Å². The lowest BCUT2D eigenvalue weighted by molar-refractivity contribution is 0.0932. The number of benzene rings is 1. The molecule has 23 heavy (non-hydrogen) atoms. The van der Waals surface area contributed by atoms with Crippen molar-refractivity contribution in [2.75, 3.05) is 5.73 Å². The summed E-state index contributed by atoms with van der Waals surface area (Å²) in [6.07, 6.45) is 5.73. The first-order valence-corrected chi connectivity index (χ1v) is 9.18. The van der Waals surface area contributed by atoms with Crippen molar-refractivity contribution in [1.29, 1.82) is 0 Å². The Balaban J connectivity index is 1.90. The third kappa shape index (κ3) is 3.33. The number of para-hydroxylation sites is 1. The molecule has 1 aromatic heterocycles. The van der Waals surface area contributed by atoms with Gasteiger partial charge in [0.25, 0.3) is 5.91 Å². The molecule has 1 aromatic carbocycles. The van der Waals surface area contributed by atoms with Gasteiger partial charge in [0.05, 0.1) is 5.69 Å². The number of rotatable bonds is 3. The highest BCUT2D eigenvalue weighted by molar-refractivity contribution is 7.73. The highest BCUT2D eigenvalue weighted by atomic mass is 32.1. The van der Waals surface area contributed by atoms with E-state index < -0.39 is 0 Å². The molecule has 0 spiro atoms. The third-order valence-electron chi connectivity index (χ3n) is 4.35. The lowest BCUT2D eigenvalue weighted by Gasteiger charge is -2.22. The summed E-state index contributed by atoms with van der Waals surface area (Å²) in [6.45, 7) is 2.01. The van der Waals surface area contributed by atoms with Crippen LogP contribution >= 0.6 is 23.6 Å². The Morgan fingerprint density at radius 2 is 2.00 bits per heavy atom. The van der Waals surface area contributed by atoms with E-state index in [1.54, 1.807) is 4.57 Å². The van der Waals surface area contributed by atoms with Gasteiger partial charge in [-0.05, 0) is 43.6 Å². The van der Waals surface area contributed by atoms with Crippen LogP contribution in [0.15, 0.2) is 24.3 Å². The summed E-state index contributed by atoms with van der Waals surface area (Å²) in [7, 11) is 0. The van der Waals surface area contributed by atoms with Gasteiger partial charge in [-0.15, -0.1) is 0 Å². The fraction of sp³-hybridized carbons (Fsp3) is 0.412. The molecule has 6 heteroatoms. The second-order valence-corrected chi connectivity index (χ2v) is 7.66. The molecular formula is C17H21N3OS2. The van der Waals surface area contributed by atoms with Crippen molar-refractivity contribution in [3.05, 3.63) is 38.7 Å². The van der Waals surface area contributed by atoms with E-state index in [1.165, 1.54) is 30.6 Å². The Bertz CT molecular complexity index is 772. The number of nitrogen functional groups attached to an aromatic ring is 1. The zero-order chi connectivity index (χ0) is 16.4. The van der Waals surface area contributed by atoms with Gasteiger partial charge in [0.2, 0.25) is 0 Å². The maximum atomic E-state index is 12.6. The van der Waals surface area contributed by atoms with Crippen molar-refractivity contribution in [2.24, 2.45) is 0 Å². The Hall–Kier alpha value is -1.66. The molecule has 1 fully saturated rings. The molecule has 122 valence electrons. The zero-order valence-corrected chi connectivity index (χ0v) is 14.8. The second kappa shape index (κ2) is 6.84. The highest BCUT2D eigenvalue weighted by Crippen LogP contribution is 2.28. The normalized spacial score (nSPS) is 15.5. The summed E-state index contributed by atoms with van der Waals surface area (Å²) in [6, 6.07) is 8.16. The summed E-state index contributed by atoms with van der Waals surface area (Å²) in [4.78, 5) is 13.1. The molecule has 1 heterocycles. The van der Waals surface area contributed by atoms with Crippen LogP contribution in [-0.4, -0.2) is 16.5 Å². The molecule has 3 rings (SSSR count). The first kappa shape index (κ1) is 16.2. The highest BCUT2D eigenvalue weighted by Gasteiger charge is 2.22. The molecule has 0 aliphatic heterocycles. The minimum absolute atomic E-state index is 0.0992. The topological polar surface area (TPSA) is 60.0 Å². The number of nitrogens with zero attached hydrogens (tertiary/aromatic N) is 1. The predicted octanol–water partition coefficient (Wildman–Crippen LogP) is 4.22. The smallest absolute Gasteiger partial charge is 0.265 e. The molecule has 1 aliphatic carbocycles. The van der Waals surface area contributed by atoms with Gasteiger partial charge in [-0.3, -0.25) is 9.36 Å². The van der Waals surface area contributed by atoms with Crippen LogP contribution in [0.3, 0.4) is 0 Å². The number of hydrogen-bond acceptors (Lipinski definition) is 4. The maximum absolute atomic E-state index is 12.6. The van der Waals surface area contributed by atoms with Crippen LogP contribution in [0, 0.1) is 10.9 Å². The van der Waals surface area contributed by atoms with Gasteiger partial charge in [0.1, 0.15) is 10.7 Å². The minimum Gasteiger partial charge on any atom is -0.383 e. The first-order valence-electron chi connectivity index (χ1n) is 7.96. The molecular weight excluding hydrogens is 326 g/mol. The molecule has 4 nitrogen and oxygen atoms in total. The maximum Gasteiger partial charge on any atom is 0.265 e. The third-order valence-corrected chi connectivity index (χ3v) is 5.74. The molecule has 1 saturated carbocycles. The van der Waals surface area contributed by atoms with Crippen LogP contribution in [0.25, 0.3) is 5.69 Å². The van der Waals surface area contributed by atoms with Crippen LogP contribution in [0.1, 0.15) is 47.3 Å². The molecule has 1 aliphatic rings. The number of carbonyl (C=O) groups is 1. The molecule has 1 amide bonds. The molecule has 0 atom stereocenters. The Morgan fingerprint density at radius 1 is 1.30 bits per heavy atom. The molecule has 0 radical (unpaired) electrons.